The maximum Gasteiger partial charge on any atom is 0.132 e. The molecule has 6 rings (SSSR count). The molecule has 0 amide bonds. The van der Waals surface area contributed by atoms with Gasteiger partial charge in [0, 0.05) is 22.3 Å². The van der Waals surface area contributed by atoms with Gasteiger partial charge in [0.1, 0.15) is 5.82 Å². The van der Waals surface area contributed by atoms with Gasteiger partial charge in [0.25, 0.3) is 0 Å². The highest BCUT2D eigenvalue weighted by Crippen LogP contribution is 2.38. The number of benzene rings is 4. The van der Waals surface area contributed by atoms with Crippen molar-refractivity contribution < 1.29 is 0 Å². The Morgan fingerprint density at radius 2 is 1.52 bits per heavy atom. The van der Waals surface area contributed by atoms with Crippen molar-refractivity contribution in [3.05, 3.63) is 84.2 Å². The SMILES string of the molecule is CC(C)c1nc(-c2cccc(C3CCCCC3)c2)c2ccc3ccc4ccccc4c3c2n1. The molecule has 0 spiro atoms. The second-order valence-corrected chi connectivity index (χ2v) is 9.89. The van der Waals surface area contributed by atoms with Crippen LogP contribution >= 0.6 is 0 Å². The van der Waals surface area contributed by atoms with E-state index in [0.717, 1.165) is 22.4 Å². The average molecular weight is 431 g/mol. The molecule has 2 heteroatoms. The Kier molecular flexibility index (Phi) is 5.10. The molecule has 1 aromatic heterocycles. The van der Waals surface area contributed by atoms with E-state index in [1.165, 1.54) is 64.8 Å². The summed E-state index contributed by atoms with van der Waals surface area (Å²) in [5.74, 6) is 1.86. The number of hydrogen-bond donors (Lipinski definition) is 0. The number of aromatic nitrogens is 2. The average Bonchev–Trinajstić information content (AvgIpc) is 2.88. The van der Waals surface area contributed by atoms with E-state index in [4.69, 9.17) is 9.97 Å². The topological polar surface area (TPSA) is 25.8 Å². The largest absolute Gasteiger partial charge is 0.232 e. The fraction of sp³-hybridized carbons (Fsp3) is 0.290. The number of hydrogen-bond acceptors (Lipinski definition) is 2. The van der Waals surface area contributed by atoms with Crippen LogP contribution < -0.4 is 0 Å². The molecule has 0 bridgehead atoms. The van der Waals surface area contributed by atoms with Gasteiger partial charge < -0.3 is 0 Å². The van der Waals surface area contributed by atoms with Gasteiger partial charge >= 0.3 is 0 Å². The van der Waals surface area contributed by atoms with E-state index in [-0.39, 0.29) is 5.92 Å². The fourth-order valence-corrected chi connectivity index (χ4v) is 5.55. The van der Waals surface area contributed by atoms with Crippen molar-refractivity contribution in [2.75, 3.05) is 0 Å². The standard InChI is InChI=1S/C31H30N2/c1-20(2)31-32-29(25-13-8-12-24(19-25)21-9-4-3-5-10-21)27-18-17-23-16-15-22-11-6-7-14-26(22)28(23)30(27)33-31/h6-8,11-21H,3-5,9-10H2,1-2H3. The third kappa shape index (κ3) is 3.58. The highest BCUT2D eigenvalue weighted by atomic mass is 14.9. The molecule has 1 fully saturated rings. The summed E-state index contributed by atoms with van der Waals surface area (Å²) in [5, 5.41) is 6.12. The smallest absolute Gasteiger partial charge is 0.132 e. The zero-order valence-electron chi connectivity index (χ0n) is 19.5. The normalized spacial score (nSPS) is 15.1. The molecule has 5 aromatic rings. The highest BCUT2D eigenvalue weighted by Gasteiger charge is 2.19. The molecule has 2 nitrogen and oxygen atoms in total. The second kappa shape index (κ2) is 8.26. The summed E-state index contributed by atoms with van der Waals surface area (Å²) in [6, 6.07) is 26.7. The summed E-state index contributed by atoms with van der Waals surface area (Å²) in [6.45, 7) is 4.37. The molecular formula is C31H30N2. The van der Waals surface area contributed by atoms with Gasteiger partial charge in [-0.15, -0.1) is 0 Å². The monoisotopic (exact) mass is 430 g/mol. The van der Waals surface area contributed by atoms with Gasteiger partial charge in [-0.3, -0.25) is 0 Å². The molecule has 0 radical (unpaired) electrons. The summed E-state index contributed by atoms with van der Waals surface area (Å²) >= 11 is 0. The number of fused-ring (bicyclic) bond motifs is 5. The Bertz CT molecular complexity index is 1480. The van der Waals surface area contributed by atoms with Crippen molar-refractivity contribution in [3.8, 4) is 11.3 Å². The van der Waals surface area contributed by atoms with E-state index in [0.29, 0.717) is 5.92 Å². The minimum Gasteiger partial charge on any atom is -0.232 e. The predicted molar refractivity (Wildman–Crippen MR) is 140 cm³/mol. The zero-order chi connectivity index (χ0) is 22.4. The second-order valence-electron chi connectivity index (χ2n) is 9.89. The van der Waals surface area contributed by atoms with Gasteiger partial charge in [0.15, 0.2) is 0 Å². The predicted octanol–water partition coefficient (Wildman–Crippen LogP) is 8.77. The first-order valence-electron chi connectivity index (χ1n) is 12.4. The van der Waals surface area contributed by atoms with Crippen LogP contribution in [0.2, 0.25) is 0 Å². The van der Waals surface area contributed by atoms with E-state index in [1.807, 2.05) is 0 Å². The van der Waals surface area contributed by atoms with Gasteiger partial charge in [0.05, 0.1) is 11.2 Å². The van der Waals surface area contributed by atoms with Crippen LogP contribution in [0.15, 0.2) is 72.8 Å². The van der Waals surface area contributed by atoms with Crippen LogP contribution in [0.3, 0.4) is 0 Å². The molecule has 0 N–H and O–H groups in total. The summed E-state index contributed by atoms with van der Waals surface area (Å²) < 4.78 is 0. The van der Waals surface area contributed by atoms with Crippen molar-refractivity contribution in [3.63, 3.8) is 0 Å². The van der Waals surface area contributed by atoms with Gasteiger partial charge in [-0.1, -0.05) is 93.8 Å². The summed E-state index contributed by atoms with van der Waals surface area (Å²) in [4.78, 5) is 10.3. The Morgan fingerprint density at radius 1 is 0.727 bits per heavy atom. The van der Waals surface area contributed by atoms with Gasteiger partial charge in [-0.05, 0) is 52.6 Å². The molecule has 0 aliphatic heterocycles. The lowest BCUT2D eigenvalue weighted by molar-refractivity contribution is 0.443. The molecular weight excluding hydrogens is 400 g/mol. The first kappa shape index (κ1) is 20.4. The van der Waals surface area contributed by atoms with E-state index < -0.39 is 0 Å². The Balaban J connectivity index is 1.64. The van der Waals surface area contributed by atoms with Crippen LogP contribution in [0.1, 0.15) is 69.2 Å². The Hall–Kier alpha value is -3.26. The summed E-state index contributed by atoms with van der Waals surface area (Å²) in [6.07, 6.45) is 6.69. The Morgan fingerprint density at radius 3 is 2.36 bits per heavy atom. The van der Waals surface area contributed by atoms with Crippen LogP contribution in [0.25, 0.3) is 43.7 Å². The molecule has 0 atom stereocenters. The first-order valence-corrected chi connectivity index (χ1v) is 12.4. The Labute approximate surface area is 195 Å². The minimum absolute atomic E-state index is 0.264. The van der Waals surface area contributed by atoms with Crippen molar-refractivity contribution in [2.24, 2.45) is 0 Å². The van der Waals surface area contributed by atoms with Crippen LogP contribution in [0.5, 0.6) is 0 Å². The van der Waals surface area contributed by atoms with Crippen molar-refractivity contribution >= 4 is 32.4 Å². The third-order valence-electron chi connectivity index (χ3n) is 7.34. The van der Waals surface area contributed by atoms with Crippen LogP contribution in [0, 0.1) is 0 Å². The van der Waals surface area contributed by atoms with Gasteiger partial charge in [-0.2, -0.15) is 0 Å². The highest BCUT2D eigenvalue weighted by molar-refractivity contribution is 6.20. The van der Waals surface area contributed by atoms with Crippen LogP contribution in [-0.4, -0.2) is 9.97 Å². The van der Waals surface area contributed by atoms with E-state index in [9.17, 15) is 0 Å². The third-order valence-corrected chi connectivity index (χ3v) is 7.34. The number of nitrogens with zero attached hydrogens (tertiary/aromatic N) is 2. The molecule has 0 saturated heterocycles. The fourth-order valence-electron chi connectivity index (χ4n) is 5.55. The van der Waals surface area contributed by atoms with Crippen molar-refractivity contribution in [2.45, 2.75) is 57.8 Å². The quantitative estimate of drug-likeness (QED) is 0.267. The maximum absolute atomic E-state index is 5.14. The number of rotatable bonds is 3. The summed E-state index contributed by atoms with van der Waals surface area (Å²) in [7, 11) is 0. The van der Waals surface area contributed by atoms with E-state index in [2.05, 4.69) is 86.6 Å². The van der Waals surface area contributed by atoms with Crippen molar-refractivity contribution in [1.82, 2.24) is 9.97 Å². The molecule has 1 heterocycles. The van der Waals surface area contributed by atoms with Crippen LogP contribution in [-0.2, 0) is 0 Å². The molecule has 33 heavy (non-hydrogen) atoms. The lowest BCUT2D eigenvalue weighted by Crippen LogP contribution is -2.05. The molecule has 4 aromatic carbocycles. The molecule has 164 valence electrons. The molecule has 1 aliphatic rings. The molecule has 0 unspecified atom stereocenters. The lowest BCUT2D eigenvalue weighted by atomic mass is 9.83. The van der Waals surface area contributed by atoms with Gasteiger partial charge in [0.2, 0.25) is 0 Å². The lowest BCUT2D eigenvalue weighted by Gasteiger charge is -2.22. The van der Waals surface area contributed by atoms with Crippen LogP contribution in [0.4, 0.5) is 0 Å². The summed E-state index contributed by atoms with van der Waals surface area (Å²) in [5.41, 5.74) is 4.82. The van der Waals surface area contributed by atoms with Crippen molar-refractivity contribution in [1.29, 1.82) is 0 Å². The molecule has 1 aliphatic carbocycles. The maximum atomic E-state index is 5.14. The van der Waals surface area contributed by atoms with E-state index >= 15 is 0 Å². The zero-order valence-corrected chi connectivity index (χ0v) is 19.5. The molecule has 1 saturated carbocycles. The minimum atomic E-state index is 0.264. The first-order chi connectivity index (χ1) is 16.2. The van der Waals surface area contributed by atoms with E-state index in [1.54, 1.807) is 0 Å². The van der Waals surface area contributed by atoms with Gasteiger partial charge in [-0.25, -0.2) is 9.97 Å².